The molecule has 4 fully saturated rings. The van der Waals surface area contributed by atoms with Gasteiger partial charge < -0.3 is 5.73 Å². The lowest BCUT2D eigenvalue weighted by Gasteiger charge is -2.60. The van der Waals surface area contributed by atoms with Gasteiger partial charge in [0, 0.05) is 0 Å². The largest absolute Gasteiger partial charge is 0.330 e. The van der Waals surface area contributed by atoms with Crippen LogP contribution in [0, 0.1) is 23.7 Å². The summed E-state index contributed by atoms with van der Waals surface area (Å²) in [5.74, 6) is 3.88. The molecule has 0 aromatic heterocycles. The maximum absolute atomic E-state index is 5.85. The SMILES string of the molecule is NCCC1C2CC3CC1CC(c1ccccc1)(C3)C2. The van der Waals surface area contributed by atoms with Crippen LogP contribution in [0.25, 0.3) is 0 Å². The third-order valence-electron chi connectivity index (χ3n) is 6.35. The van der Waals surface area contributed by atoms with Gasteiger partial charge in [-0.05, 0) is 79.7 Å². The molecule has 0 amide bonds. The minimum absolute atomic E-state index is 0.531. The van der Waals surface area contributed by atoms with Crippen LogP contribution < -0.4 is 5.73 Å². The summed E-state index contributed by atoms with van der Waals surface area (Å²) < 4.78 is 0. The topological polar surface area (TPSA) is 26.0 Å². The van der Waals surface area contributed by atoms with Crippen LogP contribution in [-0.4, -0.2) is 6.54 Å². The lowest BCUT2D eigenvalue weighted by Crippen LogP contribution is -2.53. The highest BCUT2D eigenvalue weighted by atomic mass is 14.6. The highest BCUT2D eigenvalue weighted by Gasteiger charge is 2.55. The van der Waals surface area contributed by atoms with Crippen molar-refractivity contribution in [2.75, 3.05) is 6.54 Å². The molecule has 102 valence electrons. The van der Waals surface area contributed by atoms with E-state index in [9.17, 15) is 0 Å². The first-order valence-electron chi connectivity index (χ1n) is 8.06. The molecular formula is C18H25N. The van der Waals surface area contributed by atoms with Gasteiger partial charge >= 0.3 is 0 Å². The van der Waals surface area contributed by atoms with Gasteiger partial charge in [0.25, 0.3) is 0 Å². The van der Waals surface area contributed by atoms with E-state index >= 15 is 0 Å². The zero-order valence-electron chi connectivity index (χ0n) is 11.7. The molecule has 4 bridgehead atoms. The van der Waals surface area contributed by atoms with E-state index in [1.165, 1.54) is 38.5 Å². The molecule has 4 aliphatic rings. The van der Waals surface area contributed by atoms with E-state index in [2.05, 4.69) is 30.3 Å². The van der Waals surface area contributed by atoms with E-state index in [-0.39, 0.29) is 0 Å². The zero-order valence-corrected chi connectivity index (χ0v) is 11.7. The molecule has 19 heavy (non-hydrogen) atoms. The fourth-order valence-electron chi connectivity index (χ4n) is 5.94. The van der Waals surface area contributed by atoms with Crippen LogP contribution in [0.1, 0.15) is 44.1 Å². The van der Waals surface area contributed by atoms with Gasteiger partial charge in [0.1, 0.15) is 0 Å². The van der Waals surface area contributed by atoms with Crippen molar-refractivity contribution in [1.82, 2.24) is 0 Å². The molecule has 2 atom stereocenters. The first kappa shape index (κ1) is 12.0. The smallest absolute Gasteiger partial charge is 0.00389 e. The van der Waals surface area contributed by atoms with Crippen molar-refractivity contribution in [2.45, 2.75) is 43.9 Å². The van der Waals surface area contributed by atoms with Gasteiger partial charge in [0.15, 0.2) is 0 Å². The Kier molecular flexibility index (Phi) is 2.73. The molecule has 2 N–H and O–H groups in total. The van der Waals surface area contributed by atoms with E-state index in [4.69, 9.17) is 5.73 Å². The normalized spacial score (nSPS) is 43.6. The molecular weight excluding hydrogens is 230 g/mol. The minimum atomic E-state index is 0.531. The van der Waals surface area contributed by atoms with Crippen LogP contribution in [-0.2, 0) is 5.41 Å². The van der Waals surface area contributed by atoms with Crippen molar-refractivity contribution < 1.29 is 0 Å². The number of nitrogens with two attached hydrogens (primary N) is 1. The van der Waals surface area contributed by atoms with E-state index in [0.717, 1.165) is 30.2 Å². The Balaban J connectivity index is 1.67. The predicted molar refractivity (Wildman–Crippen MR) is 78.8 cm³/mol. The Labute approximate surface area is 116 Å². The van der Waals surface area contributed by atoms with E-state index < -0.39 is 0 Å². The average molecular weight is 255 g/mol. The molecule has 4 aliphatic carbocycles. The van der Waals surface area contributed by atoms with Crippen molar-refractivity contribution in [3.63, 3.8) is 0 Å². The van der Waals surface area contributed by atoms with Crippen LogP contribution in [0.4, 0.5) is 0 Å². The summed E-state index contributed by atoms with van der Waals surface area (Å²) >= 11 is 0. The summed E-state index contributed by atoms with van der Waals surface area (Å²) in [6.45, 7) is 0.890. The second-order valence-electron chi connectivity index (χ2n) is 7.36. The van der Waals surface area contributed by atoms with Crippen molar-refractivity contribution in [3.8, 4) is 0 Å². The van der Waals surface area contributed by atoms with Gasteiger partial charge in [-0.1, -0.05) is 30.3 Å². The number of rotatable bonds is 3. The molecule has 0 saturated heterocycles. The third-order valence-corrected chi connectivity index (χ3v) is 6.35. The van der Waals surface area contributed by atoms with Gasteiger partial charge in [0.05, 0.1) is 0 Å². The average Bonchev–Trinajstić information content (AvgIpc) is 2.43. The van der Waals surface area contributed by atoms with Crippen molar-refractivity contribution in [1.29, 1.82) is 0 Å². The van der Waals surface area contributed by atoms with E-state index in [1.54, 1.807) is 5.56 Å². The molecule has 0 heterocycles. The predicted octanol–water partition coefficient (Wildman–Crippen LogP) is 3.73. The summed E-state index contributed by atoms with van der Waals surface area (Å²) in [6, 6.07) is 11.4. The summed E-state index contributed by atoms with van der Waals surface area (Å²) in [5, 5.41) is 0. The minimum Gasteiger partial charge on any atom is -0.330 e. The highest BCUT2D eigenvalue weighted by molar-refractivity contribution is 5.29. The first-order valence-corrected chi connectivity index (χ1v) is 8.06. The lowest BCUT2D eigenvalue weighted by atomic mass is 9.44. The summed E-state index contributed by atoms with van der Waals surface area (Å²) in [6.07, 6.45) is 8.60. The molecule has 0 aliphatic heterocycles. The first-order chi connectivity index (χ1) is 9.31. The van der Waals surface area contributed by atoms with Gasteiger partial charge in [-0.2, -0.15) is 0 Å². The molecule has 0 spiro atoms. The molecule has 4 saturated carbocycles. The van der Waals surface area contributed by atoms with Crippen LogP contribution in [0.2, 0.25) is 0 Å². The molecule has 1 nitrogen and oxygen atoms in total. The molecule has 5 rings (SSSR count). The number of benzene rings is 1. The van der Waals surface area contributed by atoms with Crippen molar-refractivity contribution >= 4 is 0 Å². The molecule has 0 radical (unpaired) electrons. The fourth-order valence-corrected chi connectivity index (χ4v) is 5.94. The summed E-state index contributed by atoms with van der Waals surface area (Å²) in [4.78, 5) is 0. The van der Waals surface area contributed by atoms with Gasteiger partial charge in [-0.3, -0.25) is 0 Å². The molecule has 2 unspecified atom stereocenters. The molecule has 1 heteroatoms. The standard InChI is InChI=1S/C18H25N/c19-7-6-17-14-8-13-9-15(17)12-18(10-13,11-14)16-4-2-1-3-5-16/h1-5,13-15,17H,6-12,19H2. The van der Waals surface area contributed by atoms with E-state index in [1.807, 2.05) is 0 Å². The van der Waals surface area contributed by atoms with E-state index in [0.29, 0.717) is 5.41 Å². The molecule has 1 aromatic rings. The Bertz CT molecular complexity index is 436. The van der Waals surface area contributed by atoms with Crippen LogP contribution in [0.5, 0.6) is 0 Å². The second kappa shape index (κ2) is 4.34. The van der Waals surface area contributed by atoms with Crippen LogP contribution >= 0.6 is 0 Å². The number of hydrogen-bond acceptors (Lipinski definition) is 1. The van der Waals surface area contributed by atoms with Gasteiger partial charge in [-0.25, -0.2) is 0 Å². The van der Waals surface area contributed by atoms with Gasteiger partial charge in [-0.15, -0.1) is 0 Å². The fraction of sp³-hybridized carbons (Fsp3) is 0.667. The maximum Gasteiger partial charge on any atom is -0.00389 e. The number of hydrogen-bond donors (Lipinski definition) is 1. The zero-order chi connectivity index (χ0) is 12.9. The maximum atomic E-state index is 5.85. The quantitative estimate of drug-likeness (QED) is 0.875. The van der Waals surface area contributed by atoms with Gasteiger partial charge in [0.2, 0.25) is 0 Å². The van der Waals surface area contributed by atoms with Crippen molar-refractivity contribution in [2.24, 2.45) is 29.4 Å². The Morgan fingerprint density at radius 3 is 2.32 bits per heavy atom. The Hall–Kier alpha value is -0.820. The monoisotopic (exact) mass is 255 g/mol. The second-order valence-corrected chi connectivity index (χ2v) is 7.36. The summed E-state index contributed by atoms with van der Waals surface area (Å²) in [7, 11) is 0. The van der Waals surface area contributed by atoms with Crippen LogP contribution in [0.3, 0.4) is 0 Å². The Morgan fingerprint density at radius 2 is 1.68 bits per heavy atom. The molecule has 1 aromatic carbocycles. The lowest BCUT2D eigenvalue weighted by molar-refractivity contribution is -0.0581. The highest BCUT2D eigenvalue weighted by Crippen LogP contribution is 2.63. The van der Waals surface area contributed by atoms with Crippen LogP contribution in [0.15, 0.2) is 30.3 Å². The summed E-state index contributed by atoms with van der Waals surface area (Å²) in [5.41, 5.74) is 8.01. The Morgan fingerprint density at radius 1 is 1.00 bits per heavy atom. The van der Waals surface area contributed by atoms with Crippen molar-refractivity contribution in [3.05, 3.63) is 35.9 Å². The third kappa shape index (κ3) is 1.78.